The summed E-state index contributed by atoms with van der Waals surface area (Å²) in [5.41, 5.74) is 3.25. The fourth-order valence-electron chi connectivity index (χ4n) is 3.43. The number of nitrogens with one attached hydrogen (secondary N) is 2. The Hall–Kier alpha value is -4.09. The van der Waals surface area contributed by atoms with E-state index in [0.29, 0.717) is 24.4 Å². The molecule has 0 bridgehead atoms. The summed E-state index contributed by atoms with van der Waals surface area (Å²) in [5.74, 6) is 4.61. The topological polar surface area (TPSA) is 87.7 Å². The lowest BCUT2D eigenvalue weighted by atomic mass is 10.1. The molecule has 34 heavy (non-hydrogen) atoms. The first-order valence-electron chi connectivity index (χ1n) is 10.7. The molecular weight excluding hydrogens is 450 g/mol. The van der Waals surface area contributed by atoms with Crippen molar-refractivity contribution in [1.82, 2.24) is 10.6 Å². The van der Waals surface area contributed by atoms with Crippen LogP contribution in [-0.2, 0) is 20.8 Å². The van der Waals surface area contributed by atoms with Gasteiger partial charge in [-0.3, -0.25) is 14.4 Å². The third-order valence-electron chi connectivity index (χ3n) is 5.28. The van der Waals surface area contributed by atoms with Crippen molar-refractivity contribution in [2.75, 3.05) is 25.1 Å². The number of rotatable bonds is 4. The van der Waals surface area contributed by atoms with Crippen LogP contribution in [-0.4, -0.2) is 44.0 Å². The number of carbonyl (C=O) groups excluding carboxylic acids is 3. The van der Waals surface area contributed by atoms with Crippen molar-refractivity contribution in [3.63, 3.8) is 0 Å². The number of ether oxygens (including phenoxy) is 1. The maximum atomic E-state index is 13.0. The van der Waals surface area contributed by atoms with Crippen LogP contribution in [0, 0.1) is 11.8 Å². The van der Waals surface area contributed by atoms with Gasteiger partial charge in [-0.2, -0.15) is 11.3 Å². The van der Waals surface area contributed by atoms with Gasteiger partial charge in [0.05, 0.1) is 5.69 Å². The number of nitrogens with zero attached hydrogens (tertiary/aromatic N) is 1. The Kier molecular flexibility index (Phi) is 7.25. The third-order valence-corrected chi connectivity index (χ3v) is 5.96. The SMILES string of the molecule is CN1C(=O)[C@@H](NC(=O)C(=O)NCCc2ccccc2)COc2ccc(C#Cc3ccsc3)cc21. The Morgan fingerprint density at radius 1 is 1.09 bits per heavy atom. The second-order valence-electron chi connectivity index (χ2n) is 7.67. The van der Waals surface area contributed by atoms with E-state index >= 15 is 0 Å². The second kappa shape index (κ2) is 10.7. The molecule has 7 nitrogen and oxygen atoms in total. The van der Waals surface area contributed by atoms with Gasteiger partial charge in [0, 0.05) is 30.1 Å². The van der Waals surface area contributed by atoms with E-state index in [2.05, 4.69) is 22.5 Å². The van der Waals surface area contributed by atoms with Crippen molar-refractivity contribution < 1.29 is 19.1 Å². The quantitative estimate of drug-likeness (QED) is 0.450. The first-order valence-corrected chi connectivity index (χ1v) is 11.7. The first kappa shape index (κ1) is 23.1. The van der Waals surface area contributed by atoms with Crippen molar-refractivity contribution in [3.05, 3.63) is 82.0 Å². The molecule has 0 aliphatic carbocycles. The van der Waals surface area contributed by atoms with E-state index < -0.39 is 17.9 Å². The number of anilines is 1. The van der Waals surface area contributed by atoms with E-state index in [1.54, 1.807) is 30.5 Å². The molecule has 172 valence electrons. The van der Waals surface area contributed by atoms with E-state index in [9.17, 15) is 14.4 Å². The molecule has 1 aliphatic rings. The van der Waals surface area contributed by atoms with Gasteiger partial charge in [0.25, 0.3) is 5.91 Å². The van der Waals surface area contributed by atoms with Crippen molar-refractivity contribution in [2.24, 2.45) is 0 Å². The molecule has 4 rings (SSSR count). The zero-order chi connectivity index (χ0) is 23.9. The molecule has 1 atom stereocenters. The monoisotopic (exact) mass is 473 g/mol. The van der Waals surface area contributed by atoms with Crippen LogP contribution >= 0.6 is 11.3 Å². The average molecular weight is 474 g/mol. The largest absolute Gasteiger partial charge is 0.489 e. The molecule has 2 N–H and O–H groups in total. The molecule has 0 radical (unpaired) electrons. The van der Waals surface area contributed by atoms with Crippen molar-refractivity contribution >= 4 is 34.7 Å². The Balaban J connectivity index is 1.37. The predicted octanol–water partition coefficient (Wildman–Crippen LogP) is 2.35. The minimum atomic E-state index is -0.995. The van der Waals surface area contributed by atoms with Gasteiger partial charge < -0.3 is 20.3 Å². The zero-order valence-electron chi connectivity index (χ0n) is 18.5. The number of hydrogen-bond acceptors (Lipinski definition) is 5. The highest BCUT2D eigenvalue weighted by Crippen LogP contribution is 2.31. The number of fused-ring (bicyclic) bond motifs is 1. The summed E-state index contributed by atoms with van der Waals surface area (Å²) >= 11 is 1.57. The van der Waals surface area contributed by atoms with Crippen molar-refractivity contribution in [1.29, 1.82) is 0 Å². The number of likely N-dealkylation sites (N-methyl/N-ethyl adjacent to an activating group) is 1. The van der Waals surface area contributed by atoms with Crippen LogP contribution in [0.4, 0.5) is 5.69 Å². The molecule has 0 saturated carbocycles. The normalized spacial score (nSPS) is 14.7. The van der Waals surface area contributed by atoms with Crippen LogP contribution in [0.1, 0.15) is 16.7 Å². The lowest BCUT2D eigenvalue weighted by Gasteiger charge is -2.20. The standard InChI is InChI=1S/C26H23N3O4S/c1-29-22-15-19(7-8-20-12-14-34-17-20)9-10-23(22)33-16-21(26(29)32)28-25(31)24(30)27-13-11-18-5-3-2-4-6-18/h2-6,9-10,12,14-15,17,21H,11,13,16H2,1H3,(H,27,30)(H,28,31)/t21-/m0/s1. The van der Waals surface area contributed by atoms with Crippen LogP contribution in [0.5, 0.6) is 5.75 Å². The molecule has 0 spiro atoms. The number of benzene rings is 2. The Morgan fingerprint density at radius 2 is 1.88 bits per heavy atom. The van der Waals surface area contributed by atoms with Crippen LogP contribution in [0.15, 0.2) is 65.4 Å². The maximum Gasteiger partial charge on any atom is 0.310 e. The summed E-state index contributed by atoms with van der Waals surface area (Å²) in [6.45, 7) is 0.227. The van der Waals surface area contributed by atoms with Gasteiger partial charge in [-0.25, -0.2) is 0 Å². The fourth-order valence-corrected chi connectivity index (χ4v) is 4.02. The summed E-state index contributed by atoms with van der Waals surface area (Å²) in [4.78, 5) is 39.0. The summed E-state index contributed by atoms with van der Waals surface area (Å²) in [6, 6.07) is 15.9. The minimum Gasteiger partial charge on any atom is -0.489 e. The number of thiophene rings is 1. The van der Waals surface area contributed by atoms with Gasteiger partial charge in [0.2, 0.25) is 0 Å². The minimum absolute atomic E-state index is 0.0842. The van der Waals surface area contributed by atoms with E-state index in [1.807, 2.05) is 53.2 Å². The zero-order valence-corrected chi connectivity index (χ0v) is 19.4. The Bertz CT molecular complexity index is 1250. The molecule has 1 aromatic heterocycles. The molecule has 0 unspecified atom stereocenters. The Morgan fingerprint density at radius 3 is 2.65 bits per heavy atom. The van der Waals surface area contributed by atoms with Crippen LogP contribution < -0.4 is 20.3 Å². The summed E-state index contributed by atoms with van der Waals surface area (Å²) in [7, 11) is 1.60. The van der Waals surface area contributed by atoms with E-state index in [1.165, 1.54) is 4.90 Å². The highest BCUT2D eigenvalue weighted by molar-refractivity contribution is 7.08. The maximum absolute atomic E-state index is 13.0. The van der Waals surface area contributed by atoms with Crippen molar-refractivity contribution in [2.45, 2.75) is 12.5 Å². The third kappa shape index (κ3) is 5.63. The molecule has 3 amide bonds. The predicted molar refractivity (Wildman–Crippen MR) is 131 cm³/mol. The first-order chi connectivity index (χ1) is 16.5. The highest BCUT2D eigenvalue weighted by Gasteiger charge is 2.32. The summed E-state index contributed by atoms with van der Waals surface area (Å²) < 4.78 is 5.77. The van der Waals surface area contributed by atoms with E-state index in [4.69, 9.17) is 4.74 Å². The van der Waals surface area contributed by atoms with Gasteiger partial charge in [-0.05, 0) is 41.6 Å². The molecule has 8 heteroatoms. The number of hydrogen-bond donors (Lipinski definition) is 2. The molecule has 1 aliphatic heterocycles. The molecule has 3 aromatic rings. The molecule has 0 fully saturated rings. The van der Waals surface area contributed by atoms with Crippen LogP contribution in [0.3, 0.4) is 0 Å². The number of amides is 3. The lowest BCUT2D eigenvalue weighted by Crippen LogP contribution is -2.53. The molecule has 2 aromatic carbocycles. The van der Waals surface area contributed by atoms with Crippen molar-refractivity contribution in [3.8, 4) is 17.6 Å². The van der Waals surface area contributed by atoms with Gasteiger partial charge >= 0.3 is 11.8 Å². The molecule has 2 heterocycles. The highest BCUT2D eigenvalue weighted by atomic mass is 32.1. The van der Waals surface area contributed by atoms with Crippen LogP contribution in [0.2, 0.25) is 0 Å². The summed E-state index contributed by atoms with van der Waals surface area (Å²) in [5, 5.41) is 8.98. The fraction of sp³-hybridized carbons (Fsp3) is 0.192. The van der Waals surface area contributed by atoms with Gasteiger partial charge in [0.1, 0.15) is 18.4 Å². The molecular formula is C26H23N3O4S. The van der Waals surface area contributed by atoms with Gasteiger partial charge in [-0.1, -0.05) is 42.2 Å². The smallest absolute Gasteiger partial charge is 0.310 e. The summed E-state index contributed by atoms with van der Waals surface area (Å²) in [6.07, 6.45) is 0.598. The van der Waals surface area contributed by atoms with Crippen LogP contribution in [0.25, 0.3) is 0 Å². The number of carbonyl (C=O) groups is 3. The average Bonchev–Trinajstić information content (AvgIpc) is 3.35. The van der Waals surface area contributed by atoms with E-state index in [-0.39, 0.29) is 12.5 Å². The molecule has 0 saturated heterocycles. The lowest BCUT2D eigenvalue weighted by molar-refractivity contribution is -0.140. The van der Waals surface area contributed by atoms with Gasteiger partial charge in [-0.15, -0.1) is 0 Å². The van der Waals surface area contributed by atoms with E-state index in [0.717, 1.165) is 16.7 Å². The Labute approximate surface area is 201 Å². The van der Waals surface area contributed by atoms with Gasteiger partial charge in [0.15, 0.2) is 0 Å². The second-order valence-corrected chi connectivity index (χ2v) is 8.45.